The predicted molar refractivity (Wildman–Crippen MR) is 97.6 cm³/mol. The summed E-state index contributed by atoms with van der Waals surface area (Å²) in [5, 5.41) is 12.4. The molecule has 0 unspecified atom stereocenters. The second-order valence-electron chi connectivity index (χ2n) is 7.23. The van der Waals surface area contributed by atoms with Crippen molar-refractivity contribution in [2.45, 2.75) is 31.8 Å². The SMILES string of the molecule is O=C1[C@@H]2CCCC[C@H]2C(=O)N1C[C@@H](O)COc1cccc2ccccc12. The van der Waals surface area contributed by atoms with Gasteiger partial charge in [0.15, 0.2) is 0 Å². The van der Waals surface area contributed by atoms with Gasteiger partial charge in [-0.25, -0.2) is 0 Å². The number of benzene rings is 2. The molecule has 0 spiro atoms. The standard InChI is InChI=1S/C21H23NO4/c23-15(12-22-20(24)17-9-3-4-10-18(17)21(22)25)13-26-19-11-5-7-14-6-1-2-8-16(14)19/h1-2,5-8,11,15,17-18,23H,3-4,9-10,12-13H2/t15-,17-,18-/m1/s1. The molecule has 1 N–H and O–H groups in total. The third kappa shape index (κ3) is 3.07. The third-order valence-corrected chi connectivity index (χ3v) is 5.51. The number of carbonyl (C=O) groups is 2. The maximum absolute atomic E-state index is 12.5. The van der Waals surface area contributed by atoms with E-state index in [2.05, 4.69) is 0 Å². The Hall–Kier alpha value is -2.40. The zero-order valence-corrected chi connectivity index (χ0v) is 14.6. The number of amides is 2. The highest BCUT2D eigenvalue weighted by Gasteiger charge is 2.48. The molecule has 2 aromatic rings. The normalized spacial score (nSPS) is 24.0. The van der Waals surface area contributed by atoms with Crippen molar-refractivity contribution in [1.82, 2.24) is 4.90 Å². The molecule has 136 valence electrons. The van der Waals surface area contributed by atoms with E-state index >= 15 is 0 Å². The van der Waals surface area contributed by atoms with Crippen molar-refractivity contribution in [2.24, 2.45) is 11.8 Å². The average molecular weight is 353 g/mol. The summed E-state index contributed by atoms with van der Waals surface area (Å²) < 4.78 is 5.78. The first-order valence-corrected chi connectivity index (χ1v) is 9.29. The van der Waals surface area contributed by atoms with Crippen molar-refractivity contribution in [3.63, 3.8) is 0 Å². The summed E-state index contributed by atoms with van der Waals surface area (Å²) in [5.41, 5.74) is 0. The minimum absolute atomic E-state index is 0.00936. The molecule has 3 atom stereocenters. The van der Waals surface area contributed by atoms with E-state index < -0.39 is 6.10 Å². The Bertz CT molecular complexity index is 804. The second-order valence-corrected chi connectivity index (χ2v) is 7.23. The maximum atomic E-state index is 12.5. The van der Waals surface area contributed by atoms with E-state index in [4.69, 9.17) is 4.74 Å². The van der Waals surface area contributed by atoms with E-state index in [1.807, 2.05) is 42.5 Å². The summed E-state index contributed by atoms with van der Waals surface area (Å²) in [6, 6.07) is 13.6. The molecule has 0 bridgehead atoms. The molecule has 5 nitrogen and oxygen atoms in total. The number of fused-ring (bicyclic) bond motifs is 2. The summed E-state index contributed by atoms with van der Waals surface area (Å²) in [5.74, 6) is 0.0904. The molecule has 1 aliphatic carbocycles. The predicted octanol–water partition coefficient (Wildman–Crippen LogP) is 2.75. The number of hydrogen-bond donors (Lipinski definition) is 1. The van der Waals surface area contributed by atoms with Crippen LogP contribution in [-0.4, -0.2) is 41.1 Å². The number of likely N-dealkylation sites (tertiary alicyclic amines) is 1. The topological polar surface area (TPSA) is 66.8 Å². The Kier molecular flexibility index (Phi) is 4.64. The Morgan fingerprint density at radius 1 is 1.00 bits per heavy atom. The van der Waals surface area contributed by atoms with E-state index in [9.17, 15) is 14.7 Å². The monoisotopic (exact) mass is 353 g/mol. The molecule has 1 heterocycles. The Balaban J connectivity index is 1.40. The number of hydrogen-bond acceptors (Lipinski definition) is 4. The first kappa shape index (κ1) is 17.0. The van der Waals surface area contributed by atoms with Crippen molar-refractivity contribution in [2.75, 3.05) is 13.2 Å². The van der Waals surface area contributed by atoms with Gasteiger partial charge in [0.2, 0.25) is 11.8 Å². The van der Waals surface area contributed by atoms with Gasteiger partial charge in [0, 0.05) is 5.39 Å². The quantitative estimate of drug-likeness (QED) is 0.840. The Morgan fingerprint density at radius 3 is 2.38 bits per heavy atom. The van der Waals surface area contributed by atoms with Gasteiger partial charge in [-0.05, 0) is 24.3 Å². The Labute approximate surface area is 152 Å². The molecule has 0 aromatic heterocycles. The summed E-state index contributed by atoms with van der Waals surface area (Å²) in [6.45, 7) is 0.0514. The molecule has 1 saturated carbocycles. The third-order valence-electron chi connectivity index (χ3n) is 5.51. The Morgan fingerprint density at radius 2 is 1.65 bits per heavy atom. The van der Waals surface area contributed by atoms with E-state index in [0.29, 0.717) is 5.75 Å². The lowest BCUT2D eigenvalue weighted by atomic mass is 9.81. The lowest BCUT2D eigenvalue weighted by molar-refractivity contribution is -0.141. The minimum Gasteiger partial charge on any atom is -0.490 e. The lowest BCUT2D eigenvalue weighted by Gasteiger charge is -2.20. The molecule has 2 aliphatic rings. The lowest BCUT2D eigenvalue weighted by Crippen LogP contribution is -2.40. The van der Waals surface area contributed by atoms with Gasteiger partial charge in [-0.15, -0.1) is 0 Å². The van der Waals surface area contributed by atoms with E-state index in [1.165, 1.54) is 4.90 Å². The first-order valence-electron chi connectivity index (χ1n) is 9.29. The van der Waals surface area contributed by atoms with Crippen molar-refractivity contribution >= 4 is 22.6 Å². The summed E-state index contributed by atoms with van der Waals surface area (Å²) in [6.07, 6.45) is 2.67. The van der Waals surface area contributed by atoms with E-state index in [1.54, 1.807) is 0 Å². The van der Waals surface area contributed by atoms with Crippen LogP contribution in [-0.2, 0) is 9.59 Å². The fraction of sp³-hybridized carbons (Fsp3) is 0.429. The van der Waals surface area contributed by atoms with Gasteiger partial charge in [0.25, 0.3) is 0 Å². The number of carbonyl (C=O) groups excluding carboxylic acids is 2. The number of imide groups is 1. The largest absolute Gasteiger partial charge is 0.490 e. The zero-order chi connectivity index (χ0) is 18.1. The number of β-amino-alcohol motifs (C(OH)–C–C–N with tert-alkyl or cyclic N) is 1. The van der Waals surface area contributed by atoms with Crippen LogP contribution in [0.25, 0.3) is 10.8 Å². The number of aliphatic hydroxyl groups excluding tert-OH is 1. The summed E-state index contributed by atoms with van der Waals surface area (Å²) in [7, 11) is 0. The summed E-state index contributed by atoms with van der Waals surface area (Å²) in [4.78, 5) is 26.2. The van der Waals surface area contributed by atoms with Crippen LogP contribution >= 0.6 is 0 Å². The van der Waals surface area contributed by atoms with Crippen LogP contribution in [0.3, 0.4) is 0 Å². The number of ether oxygens (including phenoxy) is 1. The minimum atomic E-state index is -0.901. The molecule has 1 aliphatic heterocycles. The van der Waals surface area contributed by atoms with Gasteiger partial charge in [-0.3, -0.25) is 14.5 Å². The maximum Gasteiger partial charge on any atom is 0.233 e. The molecule has 2 aromatic carbocycles. The van der Waals surface area contributed by atoms with Crippen LogP contribution in [0.1, 0.15) is 25.7 Å². The van der Waals surface area contributed by atoms with Gasteiger partial charge in [-0.1, -0.05) is 49.2 Å². The second kappa shape index (κ2) is 7.08. The number of rotatable bonds is 5. The highest BCUT2D eigenvalue weighted by Crippen LogP contribution is 2.38. The van der Waals surface area contributed by atoms with Crippen LogP contribution in [0.4, 0.5) is 0 Å². The van der Waals surface area contributed by atoms with Gasteiger partial charge in [-0.2, -0.15) is 0 Å². The van der Waals surface area contributed by atoms with Crippen molar-refractivity contribution in [3.8, 4) is 5.75 Å². The van der Waals surface area contributed by atoms with Crippen LogP contribution in [0.2, 0.25) is 0 Å². The van der Waals surface area contributed by atoms with Crippen molar-refractivity contribution in [1.29, 1.82) is 0 Å². The highest BCUT2D eigenvalue weighted by atomic mass is 16.5. The molecule has 0 radical (unpaired) electrons. The molecular weight excluding hydrogens is 330 g/mol. The molecule has 2 fully saturated rings. The molecule has 1 saturated heterocycles. The van der Waals surface area contributed by atoms with Crippen LogP contribution in [0, 0.1) is 11.8 Å². The van der Waals surface area contributed by atoms with E-state index in [-0.39, 0.29) is 36.8 Å². The van der Waals surface area contributed by atoms with Gasteiger partial charge in [0.1, 0.15) is 18.5 Å². The fourth-order valence-corrected chi connectivity index (χ4v) is 4.18. The molecule has 5 heteroatoms. The number of nitrogens with zero attached hydrogens (tertiary/aromatic N) is 1. The van der Waals surface area contributed by atoms with Gasteiger partial charge >= 0.3 is 0 Å². The first-order chi connectivity index (χ1) is 12.6. The van der Waals surface area contributed by atoms with Gasteiger partial charge < -0.3 is 9.84 Å². The highest BCUT2D eigenvalue weighted by molar-refractivity contribution is 6.05. The average Bonchev–Trinajstić information content (AvgIpc) is 2.91. The smallest absolute Gasteiger partial charge is 0.233 e. The molecule has 4 rings (SSSR count). The fourth-order valence-electron chi connectivity index (χ4n) is 4.18. The zero-order valence-electron chi connectivity index (χ0n) is 14.6. The van der Waals surface area contributed by atoms with E-state index in [0.717, 1.165) is 36.5 Å². The molecule has 2 amide bonds. The van der Waals surface area contributed by atoms with Crippen LogP contribution < -0.4 is 4.74 Å². The summed E-state index contributed by atoms with van der Waals surface area (Å²) >= 11 is 0. The molecular formula is C21H23NO4. The number of aliphatic hydroxyl groups is 1. The van der Waals surface area contributed by atoms with Crippen molar-refractivity contribution in [3.05, 3.63) is 42.5 Å². The van der Waals surface area contributed by atoms with Gasteiger partial charge in [0.05, 0.1) is 18.4 Å². The van der Waals surface area contributed by atoms with Crippen LogP contribution in [0.15, 0.2) is 42.5 Å². The molecule has 26 heavy (non-hydrogen) atoms. The van der Waals surface area contributed by atoms with Crippen LogP contribution in [0.5, 0.6) is 5.75 Å². The van der Waals surface area contributed by atoms with Crippen molar-refractivity contribution < 1.29 is 19.4 Å².